The molecule has 0 aromatic carbocycles. The molecule has 134 valence electrons. The van der Waals surface area contributed by atoms with Crippen molar-refractivity contribution >= 4 is 18.0 Å². The van der Waals surface area contributed by atoms with Crippen LogP contribution in [0.25, 0.3) is 0 Å². The van der Waals surface area contributed by atoms with Gasteiger partial charge in [-0.1, -0.05) is 12.8 Å². The molecule has 3 N–H and O–H groups in total. The van der Waals surface area contributed by atoms with E-state index in [0.717, 1.165) is 25.7 Å². The average molecular weight is 330 g/mol. The molecule has 0 aliphatic rings. The molecule has 0 saturated carbocycles. The van der Waals surface area contributed by atoms with Crippen LogP contribution in [0.3, 0.4) is 0 Å². The second kappa shape index (κ2) is 11.7. The number of alkyl carbamates (subject to hydrolysis) is 1. The molecule has 0 aliphatic heterocycles. The molecule has 7 heteroatoms. The fourth-order valence-corrected chi connectivity index (χ4v) is 1.82. The van der Waals surface area contributed by atoms with Gasteiger partial charge in [0.15, 0.2) is 0 Å². The van der Waals surface area contributed by atoms with Gasteiger partial charge in [0.25, 0.3) is 0 Å². The first kappa shape index (κ1) is 21.2. The van der Waals surface area contributed by atoms with E-state index in [1.54, 1.807) is 0 Å². The zero-order valence-corrected chi connectivity index (χ0v) is 14.4. The average Bonchev–Trinajstić information content (AvgIpc) is 2.39. The third kappa shape index (κ3) is 16.4. The summed E-state index contributed by atoms with van der Waals surface area (Å²) in [6.07, 6.45) is 3.92. The van der Waals surface area contributed by atoms with Crippen molar-refractivity contribution in [2.75, 3.05) is 13.1 Å². The van der Waals surface area contributed by atoms with E-state index in [1.807, 2.05) is 20.8 Å². The first-order valence-electron chi connectivity index (χ1n) is 8.16. The van der Waals surface area contributed by atoms with Crippen LogP contribution in [-0.2, 0) is 14.3 Å². The Bertz CT molecular complexity index is 377. The molecule has 23 heavy (non-hydrogen) atoms. The molecular formula is C16H30N2O5. The highest BCUT2D eigenvalue weighted by molar-refractivity contribution is 5.76. The molecule has 0 bridgehead atoms. The number of aliphatic carboxylic acids is 1. The number of carbonyl (C=O) groups is 3. The van der Waals surface area contributed by atoms with E-state index in [9.17, 15) is 14.4 Å². The number of rotatable bonds is 11. The monoisotopic (exact) mass is 330 g/mol. The minimum absolute atomic E-state index is 0.0259. The maximum atomic E-state index is 11.4. The van der Waals surface area contributed by atoms with E-state index < -0.39 is 17.7 Å². The Balaban J connectivity index is 3.38. The lowest BCUT2D eigenvalue weighted by Gasteiger charge is -2.19. The van der Waals surface area contributed by atoms with Crippen molar-refractivity contribution in [2.24, 2.45) is 0 Å². The van der Waals surface area contributed by atoms with Crippen LogP contribution in [0.15, 0.2) is 0 Å². The van der Waals surface area contributed by atoms with Crippen molar-refractivity contribution in [3.63, 3.8) is 0 Å². The number of unbranched alkanes of at least 4 members (excludes halogenated alkanes) is 3. The van der Waals surface area contributed by atoms with Gasteiger partial charge in [0.1, 0.15) is 5.60 Å². The Morgan fingerprint density at radius 1 is 0.870 bits per heavy atom. The van der Waals surface area contributed by atoms with Crippen LogP contribution in [0.2, 0.25) is 0 Å². The molecule has 0 spiro atoms. The second-order valence-corrected chi connectivity index (χ2v) is 6.44. The highest BCUT2D eigenvalue weighted by Gasteiger charge is 2.15. The lowest BCUT2D eigenvalue weighted by Crippen LogP contribution is -2.33. The van der Waals surface area contributed by atoms with E-state index in [0.29, 0.717) is 19.5 Å². The number of hydrogen-bond acceptors (Lipinski definition) is 4. The van der Waals surface area contributed by atoms with Crippen molar-refractivity contribution in [2.45, 2.75) is 71.3 Å². The predicted molar refractivity (Wildman–Crippen MR) is 87.2 cm³/mol. The highest BCUT2D eigenvalue weighted by atomic mass is 16.6. The summed E-state index contributed by atoms with van der Waals surface area (Å²) in [6.45, 7) is 6.65. The summed E-state index contributed by atoms with van der Waals surface area (Å²) in [5, 5.41) is 13.9. The first-order chi connectivity index (χ1) is 10.7. The van der Waals surface area contributed by atoms with Gasteiger partial charge in [-0.25, -0.2) is 4.79 Å². The maximum absolute atomic E-state index is 11.4. The number of carbonyl (C=O) groups excluding carboxylic acids is 2. The Labute approximate surface area is 138 Å². The third-order valence-electron chi connectivity index (χ3n) is 2.89. The van der Waals surface area contributed by atoms with E-state index in [-0.39, 0.29) is 18.7 Å². The van der Waals surface area contributed by atoms with Crippen molar-refractivity contribution < 1.29 is 24.2 Å². The molecule has 0 radical (unpaired) electrons. The fraction of sp³-hybridized carbons (Fsp3) is 0.812. The van der Waals surface area contributed by atoms with Gasteiger partial charge < -0.3 is 20.5 Å². The van der Waals surface area contributed by atoms with Gasteiger partial charge in [0.05, 0.1) is 0 Å². The van der Waals surface area contributed by atoms with Crippen molar-refractivity contribution in [1.82, 2.24) is 10.6 Å². The van der Waals surface area contributed by atoms with Gasteiger partial charge in [0, 0.05) is 25.9 Å². The molecule has 0 aromatic heterocycles. The normalized spacial score (nSPS) is 10.9. The maximum Gasteiger partial charge on any atom is 0.407 e. The molecule has 0 unspecified atom stereocenters. The van der Waals surface area contributed by atoms with Gasteiger partial charge in [-0.3, -0.25) is 9.59 Å². The molecule has 0 saturated heterocycles. The number of hydrogen-bond donors (Lipinski definition) is 3. The molecule has 2 amide bonds. The molecule has 0 heterocycles. The Morgan fingerprint density at radius 2 is 1.43 bits per heavy atom. The molecule has 0 atom stereocenters. The number of carboxylic acid groups (broad SMARTS) is 1. The largest absolute Gasteiger partial charge is 0.481 e. The first-order valence-corrected chi connectivity index (χ1v) is 8.16. The fourth-order valence-electron chi connectivity index (χ4n) is 1.82. The van der Waals surface area contributed by atoms with Crippen molar-refractivity contribution in [3.05, 3.63) is 0 Å². The smallest absolute Gasteiger partial charge is 0.407 e. The SMILES string of the molecule is CC(C)(C)OC(=O)NCCCCCCNC(=O)CCCC(=O)O. The Kier molecular flexibility index (Phi) is 10.8. The van der Waals surface area contributed by atoms with Gasteiger partial charge in [-0.15, -0.1) is 0 Å². The van der Waals surface area contributed by atoms with Crippen LogP contribution < -0.4 is 10.6 Å². The second-order valence-electron chi connectivity index (χ2n) is 6.44. The van der Waals surface area contributed by atoms with Crippen LogP contribution >= 0.6 is 0 Å². The Morgan fingerprint density at radius 3 is 1.96 bits per heavy atom. The predicted octanol–water partition coefficient (Wildman–Crippen LogP) is 2.44. The van der Waals surface area contributed by atoms with Crippen LogP contribution in [0.4, 0.5) is 4.79 Å². The molecule has 0 fully saturated rings. The molecular weight excluding hydrogens is 300 g/mol. The molecule has 0 rings (SSSR count). The van der Waals surface area contributed by atoms with Crippen molar-refractivity contribution in [1.29, 1.82) is 0 Å². The zero-order chi connectivity index (χ0) is 17.7. The molecule has 7 nitrogen and oxygen atoms in total. The van der Waals surface area contributed by atoms with Gasteiger partial charge in [-0.2, -0.15) is 0 Å². The summed E-state index contributed by atoms with van der Waals surface area (Å²) in [5.41, 5.74) is -0.479. The van der Waals surface area contributed by atoms with E-state index in [4.69, 9.17) is 9.84 Å². The summed E-state index contributed by atoms with van der Waals surface area (Å²) in [4.78, 5) is 33.1. The summed E-state index contributed by atoms with van der Waals surface area (Å²) in [6, 6.07) is 0. The number of amides is 2. The van der Waals surface area contributed by atoms with Crippen LogP contribution in [0, 0.1) is 0 Å². The molecule has 0 aliphatic carbocycles. The topological polar surface area (TPSA) is 105 Å². The van der Waals surface area contributed by atoms with Crippen LogP contribution in [0.5, 0.6) is 0 Å². The lowest BCUT2D eigenvalue weighted by atomic mass is 10.2. The van der Waals surface area contributed by atoms with Crippen LogP contribution in [-0.4, -0.2) is 41.8 Å². The van der Waals surface area contributed by atoms with Crippen LogP contribution in [0.1, 0.15) is 65.7 Å². The number of carboxylic acids is 1. The minimum atomic E-state index is -0.877. The summed E-state index contributed by atoms with van der Waals surface area (Å²) in [7, 11) is 0. The van der Waals surface area contributed by atoms with Crippen molar-refractivity contribution in [3.8, 4) is 0 Å². The van der Waals surface area contributed by atoms with E-state index in [2.05, 4.69) is 10.6 Å². The molecule has 0 aromatic rings. The quantitative estimate of drug-likeness (QED) is 0.505. The summed E-state index contributed by atoms with van der Waals surface area (Å²) in [5.74, 6) is -0.976. The summed E-state index contributed by atoms with van der Waals surface area (Å²) < 4.78 is 5.12. The number of nitrogens with one attached hydrogen (secondary N) is 2. The highest BCUT2D eigenvalue weighted by Crippen LogP contribution is 2.06. The number of ether oxygens (including phenoxy) is 1. The van der Waals surface area contributed by atoms with E-state index in [1.165, 1.54) is 0 Å². The van der Waals surface area contributed by atoms with E-state index >= 15 is 0 Å². The van der Waals surface area contributed by atoms with Gasteiger partial charge >= 0.3 is 12.1 Å². The summed E-state index contributed by atoms with van der Waals surface area (Å²) >= 11 is 0. The minimum Gasteiger partial charge on any atom is -0.481 e. The zero-order valence-electron chi connectivity index (χ0n) is 14.4. The van der Waals surface area contributed by atoms with Gasteiger partial charge in [0.2, 0.25) is 5.91 Å². The van der Waals surface area contributed by atoms with Gasteiger partial charge in [-0.05, 0) is 40.0 Å². The standard InChI is InChI=1S/C16H30N2O5/c1-16(2,3)23-15(22)18-12-7-5-4-6-11-17-13(19)9-8-10-14(20)21/h4-12H2,1-3H3,(H,17,19)(H,18,22)(H,20,21). The lowest BCUT2D eigenvalue weighted by molar-refractivity contribution is -0.137. The third-order valence-corrected chi connectivity index (χ3v) is 2.89. The Hall–Kier alpha value is -1.79.